The molecule has 2 N–H and O–H groups in total. The summed E-state index contributed by atoms with van der Waals surface area (Å²) in [5.74, 6) is 2.71. The molecule has 0 aromatic heterocycles. The third-order valence-corrected chi connectivity index (χ3v) is 5.68. The van der Waals surface area contributed by atoms with Crippen molar-refractivity contribution < 1.29 is 4.74 Å². The number of benzene rings is 1. The first-order valence-electron chi connectivity index (χ1n) is 10.5. The highest BCUT2D eigenvalue weighted by molar-refractivity contribution is 14.0. The number of aliphatic imine (C=N–C) groups is 1. The first-order chi connectivity index (χ1) is 13.0. The first-order valence-corrected chi connectivity index (χ1v) is 10.5. The second-order valence-electron chi connectivity index (χ2n) is 8.60. The average molecular weight is 500 g/mol. The van der Waals surface area contributed by atoms with E-state index in [-0.39, 0.29) is 35.6 Å². The number of halogens is 1. The summed E-state index contributed by atoms with van der Waals surface area (Å²) in [4.78, 5) is 7.31. The second-order valence-corrected chi connectivity index (χ2v) is 8.60. The van der Waals surface area contributed by atoms with Crippen LogP contribution in [0.3, 0.4) is 0 Å². The molecule has 28 heavy (non-hydrogen) atoms. The minimum Gasteiger partial charge on any atom is -0.487 e. The molecule has 0 spiro atoms. The lowest BCUT2D eigenvalue weighted by Crippen LogP contribution is -2.45. The predicted molar refractivity (Wildman–Crippen MR) is 128 cm³/mol. The monoisotopic (exact) mass is 500 g/mol. The lowest BCUT2D eigenvalue weighted by molar-refractivity contribution is 0.0694. The van der Waals surface area contributed by atoms with E-state index in [1.54, 1.807) is 0 Å². The summed E-state index contributed by atoms with van der Waals surface area (Å²) < 4.78 is 6.16. The number of para-hydroxylation sites is 1. The van der Waals surface area contributed by atoms with Crippen molar-refractivity contribution in [2.45, 2.75) is 58.1 Å². The zero-order valence-electron chi connectivity index (χ0n) is 17.8. The number of hydrogen-bond donors (Lipinski definition) is 2. The fourth-order valence-electron chi connectivity index (χ4n) is 4.13. The molecule has 1 saturated heterocycles. The van der Waals surface area contributed by atoms with E-state index in [4.69, 9.17) is 9.73 Å². The van der Waals surface area contributed by atoms with Gasteiger partial charge < -0.3 is 20.3 Å². The summed E-state index contributed by atoms with van der Waals surface area (Å²) in [6.07, 6.45) is 4.71. The van der Waals surface area contributed by atoms with Gasteiger partial charge in [0.2, 0.25) is 0 Å². The van der Waals surface area contributed by atoms with Gasteiger partial charge >= 0.3 is 0 Å². The van der Waals surface area contributed by atoms with E-state index >= 15 is 0 Å². The molecule has 158 valence electrons. The molecule has 0 saturated carbocycles. The van der Waals surface area contributed by atoms with Gasteiger partial charge in [0.05, 0.1) is 6.04 Å². The number of ether oxygens (including phenoxy) is 1. The van der Waals surface area contributed by atoms with E-state index in [0.29, 0.717) is 0 Å². The van der Waals surface area contributed by atoms with Crippen molar-refractivity contribution in [3.05, 3.63) is 29.8 Å². The van der Waals surface area contributed by atoms with Gasteiger partial charge in [0.25, 0.3) is 0 Å². The van der Waals surface area contributed by atoms with E-state index < -0.39 is 0 Å². The minimum absolute atomic E-state index is 0. The molecule has 2 aliphatic rings. The normalized spacial score (nSPS) is 22.6. The quantitative estimate of drug-likeness (QED) is 0.362. The highest BCUT2D eigenvalue weighted by Crippen LogP contribution is 2.39. The van der Waals surface area contributed by atoms with Gasteiger partial charge in [0, 0.05) is 25.1 Å². The van der Waals surface area contributed by atoms with Crippen LogP contribution in [-0.2, 0) is 0 Å². The number of hydrogen-bond acceptors (Lipinski definition) is 3. The molecule has 5 nitrogen and oxygen atoms in total. The van der Waals surface area contributed by atoms with E-state index in [0.717, 1.165) is 37.1 Å². The SMILES string of the molecule is CCNC(=NCCC1CCN(C)CC1)NC1CC(C)(C)Oc2ccccc21.I. The average Bonchev–Trinajstić information content (AvgIpc) is 2.62. The molecule has 0 bridgehead atoms. The Labute approximate surface area is 187 Å². The van der Waals surface area contributed by atoms with Crippen molar-refractivity contribution in [3.63, 3.8) is 0 Å². The zero-order valence-corrected chi connectivity index (χ0v) is 20.2. The number of guanidine groups is 1. The van der Waals surface area contributed by atoms with E-state index in [1.807, 2.05) is 6.07 Å². The van der Waals surface area contributed by atoms with Crippen LogP contribution in [0, 0.1) is 5.92 Å². The van der Waals surface area contributed by atoms with E-state index in [9.17, 15) is 0 Å². The van der Waals surface area contributed by atoms with Crippen LogP contribution in [-0.4, -0.2) is 49.7 Å². The fourth-order valence-corrected chi connectivity index (χ4v) is 4.13. The van der Waals surface area contributed by atoms with Gasteiger partial charge in [-0.2, -0.15) is 0 Å². The molecule has 0 amide bonds. The lowest BCUT2D eigenvalue weighted by Gasteiger charge is -2.38. The van der Waals surface area contributed by atoms with Crippen molar-refractivity contribution in [3.8, 4) is 5.75 Å². The summed E-state index contributed by atoms with van der Waals surface area (Å²) in [6.45, 7) is 10.6. The Bertz CT molecular complexity index is 641. The Morgan fingerprint density at radius 1 is 1.25 bits per heavy atom. The van der Waals surface area contributed by atoms with Gasteiger partial charge in [-0.05, 0) is 72.2 Å². The Hall–Kier alpha value is -1.02. The largest absolute Gasteiger partial charge is 0.487 e. The van der Waals surface area contributed by atoms with Crippen LogP contribution in [0.1, 0.15) is 58.1 Å². The molecule has 1 aromatic carbocycles. The van der Waals surface area contributed by atoms with Crippen LogP contribution < -0.4 is 15.4 Å². The zero-order chi connectivity index (χ0) is 19.3. The summed E-state index contributed by atoms with van der Waals surface area (Å²) in [6, 6.07) is 8.56. The van der Waals surface area contributed by atoms with Crippen LogP contribution in [0.2, 0.25) is 0 Å². The maximum absolute atomic E-state index is 6.16. The molecule has 2 heterocycles. The maximum Gasteiger partial charge on any atom is 0.191 e. The van der Waals surface area contributed by atoms with Crippen LogP contribution in [0.25, 0.3) is 0 Å². The Kier molecular flexibility index (Phi) is 8.86. The van der Waals surface area contributed by atoms with Crippen molar-refractivity contribution in [1.29, 1.82) is 0 Å². The molecule has 1 unspecified atom stereocenters. The van der Waals surface area contributed by atoms with Crippen molar-refractivity contribution in [2.24, 2.45) is 10.9 Å². The third-order valence-electron chi connectivity index (χ3n) is 5.68. The first kappa shape index (κ1) is 23.3. The number of likely N-dealkylation sites (tertiary alicyclic amines) is 1. The van der Waals surface area contributed by atoms with Crippen LogP contribution in [0.4, 0.5) is 0 Å². The molecule has 0 aliphatic carbocycles. The summed E-state index contributed by atoms with van der Waals surface area (Å²) in [5, 5.41) is 7.09. The summed E-state index contributed by atoms with van der Waals surface area (Å²) >= 11 is 0. The van der Waals surface area contributed by atoms with Crippen molar-refractivity contribution >= 4 is 29.9 Å². The highest BCUT2D eigenvalue weighted by atomic mass is 127. The van der Waals surface area contributed by atoms with Gasteiger partial charge in [-0.1, -0.05) is 18.2 Å². The molecular weight excluding hydrogens is 463 g/mol. The summed E-state index contributed by atoms with van der Waals surface area (Å²) in [5.41, 5.74) is 1.04. The van der Waals surface area contributed by atoms with E-state index in [1.165, 1.54) is 37.9 Å². The van der Waals surface area contributed by atoms with Crippen LogP contribution in [0.15, 0.2) is 29.3 Å². The van der Waals surface area contributed by atoms with Gasteiger partial charge in [-0.3, -0.25) is 4.99 Å². The lowest BCUT2D eigenvalue weighted by atomic mass is 9.90. The number of nitrogens with zero attached hydrogens (tertiary/aromatic N) is 2. The molecule has 1 fully saturated rings. The molecule has 1 atom stereocenters. The standard InChI is InChI=1S/C22H36N4O.HI/c1-5-23-21(24-13-10-17-11-14-26(4)15-12-17)25-19-16-22(2,3)27-20-9-7-6-8-18(19)20;/h6-9,17,19H,5,10-16H2,1-4H3,(H2,23,24,25);1H. The van der Waals surface area contributed by atoms with Crippen molar-refractivity contribution in [2.75, 3.05) is 33.2 Å². The van der Waals surface area contributed by atoms with Gasteiger partial charge in [-0.15, -0.1) is 24.0 Å². The number of piperidine rings is 1. The van der Waals surface area contributed by atoms with E-state index in [2.05, 4.69) is 61.6 Å². The summed E-state index contributed by atoms with van der Waals surface area (Å²) in [7, 11) is 2.22. The molecule has 6 heteroatoms. The maximum atomic E-state index is 6.16. The van der Waals surface area contributed by atoms with Crippen LogP contribution in [0.5, 0.6) is 5.75 Å². The predicted octanol–water partition coefficient (Wildman–Crippen LogP) is 4.19. The molecule has 0 radical (unpaired) electrons. The molecular formula is C22H37IN4O. The Morgan fingerprint density at radius 3 is 2.68 bits per heavy atom. The Morgan fingerprint density at radius 2 is 1.96 bits per heavy atom. The Balaban J connectivity index is 0.00000280. The topological polar surface area (TPSA) is 48.9 Å². The fraction of sp³-hybridized carbons (Fsp3) is 0.682. The molecule has 3 rings (SSSR count). The minimum atomic E-state index is -0.183. The third kappa shape index (κ3) is 6.51. The van der Waals surface area contributed by atoms with Crippen LogP contribution >= 0.6 is 24.0 Å². The number of fused-ring (bicyclic) bond motifs is 1. The van der Waals surface area contributed by atoms with Gasteiger partial charge in [0.15, 0.2) is 5.96 Å². The number of rotatable bonds is 5. The molecule has 2 aliphatic heterocycles. The van der Waals surface area contributed by atoms with Gasteiger partial charge in [0.1, 0.15) is 11.4 Å². The van der Waals surface area contributed by atoms with Crippen molar-refractivity contribution in [1.82, 2.24) is 15.5 Å². The highest BCUT2D eigenvalue weighted by Gasteiger charge is 2.33. The number of nitrogens with one attached hydrogen (secondary N) is 2. The molecule has 1 aromatic rings. The smallest absolute Gasteiger partial charge is 0.191 e. The van der Waals surface area contributed by atoms with Gasteiger partial charge in [-0.25, -0.2) is 0 Å². The second kappa shape index (κ2) is 10.7.